The molecule has 62 heavy (non-hydrogen) atoms. The highest BCUT2D eigenvalue weighted by molar-refractivity contribution is 6.16. The van der Waals surface area contributed by atoms with Gasteiger partial charge in [-0.05, 0) is 104 Å². The average Bonchev–Trinajstić information content (AvgIpc) is 4.00. The molecule has 3 aromatic heterocycles. The van der Waals surface area contributed by atoms with Crippen LogP contribution >= 0.6 is 0 Å². The maximum Gasteiger partial charge on any atom is 0.164 e. The van der Waals surface area contributed by atoms with Gasteiger partial charge in [0.25, 0.3) is 0 Å². The summed E-state index contributed by atoms with van der Waals surface area (Å²) in [5.74, 6) is 0.337. The van der Waals surface area contributed by atoms with Crippen LogP contribution in [0.5, 0.6) is 0 Å². The smallest absolute Gasteiger partial charge is 0.164 e. The molecule has 13 aromatic rings. The van der Waals surface area contributed by atoms with Crippen molar-refractivity contribution in [3.05, 3.63) is 200 Å². The van der Waals surface area contributed by atoms with Gasteiger partial charge in [-0.2, -0.15) is 0 Å². The number of nitrogens with zero attached hydrogens (tertiary/aromatic N) is 3. The van der Waals surface area contributed by atoms with Crippen molar-refractivity contribution in [3.63, 3.8) is 0 Å². The lowest BCUT2D eigenvalue weighted by molar-refractivity contribution is 0.669. The maximum atomic E-state index is 9.75. The number of benzene rings is 10. The Morgan fingerprint density at radius 2 is 1.10 bits per heavy atom. The molecule has 0 bridgehead atoms. The van der Waals surface area contributed by atoms with Crippen LogP contribution in [0.25, 0.3) is 133 Å². The van der Waals surface area contributed by atoms with Gasteiger partial charge in [-0.15, -0.1) is 0 Å². The molecule has 10 aromatic carbocycles. The van der Waals surface area contributed by atoms with Crippen LogP contribution in [0.4, 0.5) is 0 Å². The number of hydrogen-bond acceptors (Lipinski definition) is 5. The van der Waals surface area contributed by atoms with Crippen LogP contribution in [-0.2, 0) is 0 Å². The predicted octanol–water partition coefficient (Wildman–Crippen LogP) is 15.5. The number of hydrogen-bond donors (Lipinski definition) is 0. The second-order valence-corrected chi connectivity index (χ2v) is 15.2. The molecule has 0 atom stereocenters. The van der Waals surface area contributed by atoms with Gasteiger partial charge in [0.05, 0.1) is 12.3 Å². The fourth-order valence-electron chi connectivity index (χ4n) is 8.60. The van der Waals surface area contributed by atoms with E-state index in [1.165, 1.54) is 10.8 Å². The van der Waals surface area contributed by atoms with Crippen molar-refractivity contribution >= 4 is 76.2 Å². The molecule has 5 heteroatoms. The van der Waals surface area contributed by atoms with Crippen LogP contribution in [0.1, 0.15) is 12.3 Å². The third-order valence-corrected chi connectivity index (χ3v) is 11.6. The summed E-state index contributed by atoms with van der Waals surface area (Å²) < 4.78 is 93.1. The lowest BCUT2D eigenvalue weighted by atomic mass is 9.97. The molecule has 0 aliphatic rings. The minimum absolute atomic E-state index is 0.0835. The van der Waals surface area contributed by atoms with E-state index >= 15 is 0 Å². The molecule has 0 aliphatic heterocycles. The van der Waals surface area contributed by atoms with Crippen molar-refractivity contribution in [2.24, 2.45) is 0 Å². The van der Waals surface area contributed by atoms with E-state index in [2.05, 4.69) is 42.5 Å². The Morgan fingerprint density at radius 3 is 2.00 bits per heavy atom. The molecule has 0 spiro atoms. The van der Waals surface area contributed by atoms with E-state index in [9.17, 15) is 4.11 Å². The van der Waals surface area contributed by atoms with Crippen LogP contribution < -0.4 is 0 Å². The second-order valence-electron chi connectivity index (χ2n) is 15.2. The molecule has 0 amide bonds. The Hall–Kier alpha value is -8.41. The van der Waals surface area contributed by atoms with Gasteiger partial charge >= 0.3 is 0 Å². The fraction of sp³-hybridized carbons (Fsp3) is 0. The summed E-state index contributed by atoms with van der Waals surface area (Å²) >= 11 is 0. The van der Waals surface area contributed by atoms with Crippen LogP contribution in [-0.4, -0.2) is 15.0 Å². The third-order valence-electron chi connectivity index (χ3n) is 11.6. The van der Waals surface area contributed by atoms with Gasteiger partial charge in [0.15, 0.2) is 17.5 Å². The topological polar surface area (TPSA) is 65.0 Å². The summed E-state index contributed by atoms with van der Waals surface area (Å²) in [5.41, 5.74) is 5.92. The molecule has 13 rings (SSSR count). The SMILES string of the molecule is [2H]c1c(-c2nc(-c3ccc(-c4ccc5c(ccc6ccccc65)c4)cc3)nc(-c3ccc4oc5cccc(-c6ccccc6)c5c4c3)n2)c([2H])c2c(oc3c4c([2H])c([2H])c([2H])c([2H])c4c([2H])c([2H])c32)c1[2H]. The Balaban J connectivity index is 1.03. The monoisotopic (exact) mass is 800 g/mol. The molecule has 0 unspecified atom stereocenters. The first-order valence-electron chi connectivity index (χ1n) is 24.6. The van der Waals surface area contributed by atoms with Gasteiger partial charge in [-0.1, -0.05) is 145 Å². The standard InChI is InChI=1S/C57H33N3O2/c1-2-9-35(10-3-1)45-15-8-16-52-53(45)49-33-42(26-30-51(49)61-52)57-59-55(38-20-17-34(18-21-38)39-24-27-44-40(31-39)22-19-36-11-4-6-13-43(36)44)58-56(60-57)41-25-29-50-48(32-41)47-28-23-37-12-5-7-14-46(37)54(47)62-50/h1-33H/i5D,7D,12D,14D,23D,25D,28D,29D,32D. The summed E-state index contributed by atoms with van der Waals surface area (Å²) in [4.78, 5) is 14.9. The molecule has 0 N–H and O–H groups in total. The van der Waals surface area contributed by atoms with Crippen LogP contribution in [0.3, 0.4) is 0 Å². The largest absolute Gasteiger partial charge is 0.456 e. The van der Waals surface area contributed by atoms with Crippen LogP contribution in [0, 0.1) is 0 Å². The summed E-state index contributed by atoms with van der Waals surface area (Å²) in [5, 5.41) is 5.78. The summed E-state index contributed by atoms with van der Waals surface area (Å²) in [6, 6.07) is 44.0. The van der Waals surface area contributed by atoms with Crippen molar-refractivity contribution in [2.75, 3.05) is 0 Å². The molecular weight excluding hydrogens is 759 g/mol. The number of rotatable bonds is 5. The number of fused-ring (bicyclic) bond motifs is 11. The highest BCUT2D eigenvalue weighted by atomic mass is 16.3. The van der Waals surface area contributed by atoms with Gasteiger partial charge < -0.3 is 8.83 Å². The molecule has 0 radical (unpaired) electrons. The van der Waals surface area contributed by atoms with E-state index < -0.39 is 48.3 Å². The van der Waals surface area contributed by atoms with E-state index in [4.69, 9.17) is 32.0 Å². The van der Waals surface area contributed by atoms with Gasteiger partial charge in [-0.3, -0.25) is 0 Å². The first kappa shape index (κ1) is 26.6. The first-order chi connectivity index (χ1) is 34.4. The highest BCUT2D eigenvalue weighted by Gasteiger charge is 2.19. The van der Waals surface area contributed by atoms with E-state index in [1.54, 1.807) is 0 Å². The fourth-order valence-corrected chi connectivity index (χ4v) is 8.60. The molecule has 0 saturated carbocycles. The van der Waals surface area contributed by atoms with Crippen molar-refractivity contribution in [2.45, 2.75) is 0 Å². The average molecular weight is 801 g/mol. The Morgan fingerprint density at radius 1 is 0.355 bits per heavy atom. The van der Waals surface area contributed by atoms with Gasteiger partial charge in [0.1, 0.15) is 22.3 Å². The minimum Gasteiger partial charge on any atom is -0.456 e. The summed E-state index contributed by atoms with van der Waals surface area (Å²) in [7, 11) is 0. The quantitative estimate of drug-likeness (QED) is 0.162. The molecule has 5 nitrogen and oxygen atoms in total. The van der Waals surface area contributed by atoms with Crippen LogP contribution in [0.2, 0.25) is 0 Å². The van der Waals surface area contributed by atoms with Gasteiger partial charge in [-0.25, -0.2) is 15.0 Å². The highest BCUT2D eigenvalue weighted by Crippen LogP contribution is 2.40. The Bertz CT molecular complexity index is 4460. The van der Waals surface area contributed by atoms with Crippen molar-refractivity contribution in [1.29, 1.82) is 0 Å². The zero-order valence-electron chi connectivity index (χ0n) is 41.5. The predicted molar refractivity (Wildman–Crippen MR) is 254 cm³/mol. The van der Waals surface area contributed by atoms with Crippen LogP contribution in [0.15, 0.2) is 209 Å². The molecule has 3 heterocycles. The van der Waals surface area contributed by atoms with E-state index in [0.29, 0.717) is 22.3 Å². The van der Waals surface area contributed by atoms with E-state index in [1.807, 2.05) is 103 Å². The molecule has 0 saturated heterocycles. The zero-order chi connectivity index (χ0) is 48.6. The lowest BCUT2D eigenvalue weighted by Gasteiger charge is -2.10. The molecule has 288 valence electrons. The van der Waals surface area contributed by atoms with E-state index in [0.717, 1.165) is 43.8 Å². The Kier molecular flexibility index (Phi) is 5.83. The molecule has 0 aliphatic carbocycles. The number of furan rings is 2. The summed E-state index contributed by atoms with van der Waals surface area (Å²) in [6.45, 7) is 0. The molecule has 0 fully saturated rings. The Labute approximate surface area is 367 Å². The maximum absolute atomic E-state index is 9.75. The van der Waals surface area contributed by atoms with E-state index in [-0.39, 0.29) is 61.8 Å². The van der Waals surface area contributed by atoms with Crippen molar-refractivity contribution in [1.82, 2.24) is 15.0 Å². The molecular formula is C57H33N3O2. The zero-order valence-corrected chi connectivity index (χ0v) is 32.5. The van der Waals surface area contributed by atoms with Crippen molar-refractivity contribution in [3.8, 4) is 56.4 Å². The van der Waals surface area contributed by atoms with Gasteiger partial charge in [0, 0.05) is 43.6 Å². The normalized spacial score (nSPS) is 13.9. The summed E-state index contributed by atoms with van der Waals surface area (Å²) in [6.07, 6.45) is 0. The third kappa shape index (κ3) is 5.52. The van der Waals surface area contributed by atoms with Crippen molar-refractivity contribution < 1.29 is 21.2 Å². The first-order valence-corrected chi connectivity index (χ1v) is 20.1. The lowest BCUT2D eigenvalue weighted by Crippen LogP contribution is -2.00. The van der Waals surface area contributed by atoms with Gasteiger partial charge in [0.2, 0.25) is 0 Å². The second kappa shape index (κ2) is 13.6. The number of aromatic nitrogens is 3. The minimum atomic E-state index is -0.570.